The lowest BCUT2D eigenvalue weighted by molar-refractivity contribution is -0.133. The van der Waals surface area contributed by atoms with E-state index in [-0.39, 0.29) is 30.6 Å². The number of amides is 1. The standard InChI is InChI=1S/C28H32FN3O3/c1-19-6-4-7-21-16-22(28(31(2)3)30-27(19)21)17-32(18-24-8-5-15-35-24)26(34)14-13-25(33)20-9-11-23(29)12-10-20/h4,6-7,9-12,16,24H,5,8,13-15,17-18H2,1-3H3. The molecule has 2 aromatic carbocycles. The Labute approximate surface area is 205 Å². The second kappa shape index (κ2) is 11.0. The number of nitrogens with zero attached hydrogens (tertiary/aromatic N) is 3. The lowest BCUT2D eigenvalue weighted by Crippen LogP contribution is -2.37. The average Bonchev–Trinajstić information content (AvgIpc) is 3.35. The molecule has 0 aliphatic carbocycles. The van der Waals surface area contributed by atoms with Crippen LogP contribution in [-0.2, 0) is 16.1 Å². The van der Waals surface area contributed by atoms with Crippen LogP contribution < -0.4 is 4.90 Å². The summed E-state index contributed by atoms with van der Waals surface area (Å²) < 4.78 is 19.0. The van der Waals surface area contributed by atoms with Crippen molar-refractivity contribution in [3.63, 3.8) is 0 Å². The van der Waals surface area contributed by atoms with E-state index in [1.807, 2.05) is 44.1 Å². The Kier molecular flexibility index (Phi) is 7.76. The van der Waals surface area contributed by atoms with E-state index in [0.717, 1.165) is 40.7 Å². The lowest BCUT2D eigenvalue weighted by Gasteiger charge is -2.28. The minimum Gasteiger partial charge on any atom is -0.376 e. The first-order chi connectivity index (χ1) is 16.8. The van der Waals surface area contributed by atoms with Gasteiger partial charge in [0.05, 0.1) is 11.6 Å². The molecule has 1 aromatic heterocycles. The van der Waals surface area contributed by atoms with Gasteiger partial charge in [0.15, 0.2) is 5.78 Å². The molecular formula is C28H32FN3O3. The predicted octanol–water partition coefficient (Wildman–Crippen LogP) is 4.92. The van der Waals surface area contributed by atoms with Crippen molar-refractivity contribution in [2.75, 3.05) is 32.1 Å². The number of ether oxygens (including phenoxy) is 1. The van der Waals surface area contributed by atoms with Gasteiger partial charge in [-0.2, -0.15) is 0 Å². The number of halogens is 1. The molecule has 1 fully saturated rings. The highest BCUT2D eigenvalue weighted by molar-refractivity contribution is 5.98. The van der Waals surface area contributed by atoms with Crippen molar-refractivity contribution in [2.45, 2.75) is 45.3 Å². The number of pyridine rings is 1. The number of aromatic nitrogens is 1. The summed E-state index contributed by atoms with van der Waals surface area (Å²) in [6.45, 7) is 3.60. The number of carbonyl (C=O) groups excluding carboxylic acids is 2. The molecule has 0 bridgehead atoms. The van der Waals surface area contributed by atoms with E-state index in [1.54, 1.807) is 4.90 Å². The molecule has 1 aliphatic heterocycles. The van der Waals surface area contributed by atoms with Crippen LogP contribution in [0, 0.1) is 12.7 Å². The van der Waals surface area contributed by atoms with E-state index in [4.69, 9.17) is 9.72 Å². The fraction of sp³-hybridized carbons (Fsp3) is 0.393. The predicted molar refractivity (Wildman–Crippen MR) is 135 cm³/mol. The summed E-state index contributed by atoms with van der Waals surface area (Å²) in [6, 6.07) is 13.6. The topological polar surface area (TPSA) is 62.7 Å². The zero-order valence-electron chi connectivity index (χ0n) is 20.6. The highest BCUT2D eigenvalue weighted by atomic mass is 19.1. The molecule has 0 saturated carbocycles. The van der Waals surface area contributed by atoms with Crippen LogP contribution in [0.5, 0.6) is 0 Å². The van der Waals surface area contributed by atoms with Crippen molar-refractivity contribution >= 4 is 28.4 Å². The molecule has 0 N–H and O–H groups in total. The number of para-hydroxylation sites is 1. The van der Waals surface area contributed by atoms with Crippen molar-refractivity contribution in [2.24, 2.45) is 0 Å². The fourth-order valence-electron chi connectivity index (χ4n) is 4.54. The molecule has 184 valence electrons. The lowest BCUT2D eigenvalue weighted by atomic mass is 10.0. The molecule has 35 heavy (non-hydrogen) atoms. The first-order valence-corrected chi connectivity index (χ1v) is 12.1. The molecule has 1 atom stereocenters. The molecule has 4 rings (SSSR count). The highest BCUT2D eigenvalue weighted by Gasteiger charge is 2.25. The summed E-state index contributed by atoms with van der Waals surface area (Å²) in [7, 11) is 3.90. The normalized spacial score (nSPS) is 15.4. The van der Waals surface area contributed by atoms with Crippen LogP contribution in [0.15, 0.2) is 48.5 Å². The van der Waals surface area contributed by atoms with E-state index >= 15 is 0 Å². The number of hydrogen-bond acceptors (Lipinski definition) is 5. The van der Waals surface area contributed by atoms with Gasteiger partial charge in [-0.15, -0.1) is 0 Å². The summed E-state index contributed by atoms with van der Waals surface area (Å²) in [5, 5.41) is 1.03. The Hall–Kier alpha value is -3.32. The molecule has 1 unspecified atom stereocenters. The van der Waals surface area contributed by atoms with Gasteiger partial charge >= 0.3 is 0 Å². The Morgan fingerprint density at radius 3 is 2.57 bits per heavy atom. The monoisotopic (exact) mass is 477 g/mol. The molecule has 7 heteroatoms. The number of fused-ring (bicyclic) bond motifs is 1. The number of ketones is 1. The second-order valence-electron chi connectivity index (χ2n) is 9.35. The molecule has 3 aromatic rings. The van der Waals surface area contributed by atoms with Crippen LogP contribution in [0.4, 0.5) is 10.2 Å². The number of benzene rings is 2. The van der Waals surface area contributed by atoms with Gasteiger partial charge in [0.1, 0.15) is 11.6 Å². The first kappa shape index (κ1) is 24.8. The summed E-state index contributed by atoms with van der Waals surface area (Å²) in [5.74, 6) is 0.146. The van der Waals surface area contributed by atoms with Crippen molar-refractivity contribution in [1.29, 1.82) is 0 Å². The van der Waals surface area contributed by atoms with Crippen molar-refractivity contribution in [1.82, 2.24) is 9.88 Å². The molecule has 2 heterocycles. The van der Waals surface area contributed by atoms with Crippen LogP contribution in [0.1, 0.15) is 47.2 Å². The minimum atomic E-state index is -0.392. The molecule has 0 spiro atoms. The third kappa shape index (κ3) is 6.03. The SMILES string of the molecule is Cc1cccc2cc(CN(CC3CCCO3)C(=O)CCC(=O)c3ccc(F)cc3)c(N(C)C)nc12. The van der Waals surface area contributed by atoms with Gasteiger partial charge in [0.2, 0.25) is 5.91 Å². The largest absolute Gasteiger partial charge is 0.376 e. The first-order valence-electron chi connectivity index (χ1n) is 12.1. The third-order valence-electron chi connectivity index (χ3n) is 6.42. The minimum absolute atomic E-state index is 0.00906. The van der Waals surface area contributed by atoms with Gasteiger partial charge in [-0.3, -0.25) is 9.59 Å². The van der Waals surface area contributed by atoms with Crippen LogP contribution in [0.3, 0.4) is 0 Å². The zero-order chi connectivity index (χ0) is 24.9. The highest BCUT2D eigenvalue weighted by Crippen LogP contribution is 2.27. The smallest absolute Gasteiger partial charge is 0.223 e. The number of rotatable bonds is 9. The van der Waals surface area contributed by atoms with Crippen molar-refractivity contribution in [3.8, 4) is 0 Å². The van der Waals surface area contributed by atoms with Crippen LogP contribution >= 0.6 is 0 Å². The van der Waals surface area contributed by atoms with E-state index in [9.17, 15) is 14.0 Å². The number of aryl methyl sites for hydroxylation is 1. The van der Waals surface area contributed by atoms with Gasteiger partial charge in [0, 0.05) is 63.1 Å². The van der Waals surface area contributed by atoms with Crippen molar-refractivity contribution < 1.29 is 18.7 Å². The van der Waals surface area contributed by atoms with Gasteiger partial charge < -0.3 is 14.5 Å². The van der Waals surface area contributed by atoms with Gasteiger partial charge in [-0.25, -0.2) is 9.37 Å². The maximum atomic E-state index is 13.3. The summed E-state index contributed by atoms with van der Waals surface area (Å²) in [6.07, 6.45) is 2.04. The van der Waals surface area contributed by atoms with Crippen molar-refractivity contribution in [3.05, 3.63) is 71.0 Å². The Morgan fingerprint density at radius 2 is 1.89 bits per heavy atom. The number of hydrogen-bond donors (Lipinski definition) is 0. The van der Waals surface area contributed by atoms with Crippen LogP contribution in [0.25, 0.3) is 10.9 Å². The van der Waals surface area contributed by atoms with E-state index in [2.05, 4.69) is 6.07 Å². The maximum absolute atomic E-state index is 13.3. The maximum Gasteiger partial charge on any atom is 0.223 e. The Morgan fingerprint density at radius 1 is 1.11 bits per heavy atom. The van der Waals surface area contributed by atoms with Gasteiger partial charge in [0.25, 0.3) is 0 Å². The molecular weight excluding hydrogens is 445 g/mol. The second-order valence-corrected chi connectivity index (χ2v) is 9.35. The molecule has 1 saturated heterocycles. The number of carbonyl (C=O) groups is 2. The van der Waals surface area contributed by atoms with E-state index < -0.39 is 5.82 Å². The molecule has 0 radical (unpaired) electrons. The summed E-state index contributed by atoms with van der Waals surface area (Å²) >= 11 is 0. The summed E-state index contributed by atoms with van der Waals surface area (Å²) in [4.78, 5) is 34.6. The van der Waals surface area contributed by atoms with Crippen LogP contribution in [-0.4, -0.2) is 54.9 Å². The quantitative estimate of drug-likeness (QED) is 0.410. The zero-order valence-corrected chi connectivity index (χ0v) is 20.6. The van der Waals surface area contributed by atoms with Gasteiger partial charge in [-0.1, -0.05) is 18.2 Å². The van der Waals surface area contributed by atoms with E-state index in [1.165, 1.54) is 24.3 Å². The fourth-order valence-corrected chi connectivity index (χ4v) is 4.54. The molecule has 1 aliphatic rings. The summed E-state index contributed by atoms with van der Waals surface area (Å²) in [5.41, 5.74) is 3.41. The number of Topliss-reactive ketones (excluding diaryl/α,β-unsaturated/α-hetero) is 1. The van der Waals surface area contributed by atoms with Crippen LogP contribution in [0.2, 0.25) is 0 Å². The molecule has 6 nitrogen and oxygen atoms in total. The van der Waals surface area contributed by atoms with Gasteiger partial charge in [-0.05, 0) is 55.7 Å². The Bertz CT molecular complexity index is 1200. The van der Waals surface area contributed by atoms with E-state index in [0.29, 0.717) is 25.3 Å². The molecule has 1 amide bonds. The average molecular weight is 478 g/mol. The number of anilines is 1. The Balaban J connectivity index is 1.56. The third-order valence-corrected chi connectivity index (χ3v) is 6.42.